The molecule has 0 amide bonds. The summed E-state index contributed by atoms with van der Waals surface area (Å²) in [5.41, 5.74) is 0.994. The van der Waals surface area contributed by atoms with Crippen LogP contribution in [-0.2, 0) is 16.6 Å². The molecule has 0 aliphatic carbocycles. The number of hydrogen-bond acceptors (Lipinski definition) is 3. The van der Waals surface area contributed by atoms with E-state index in [2.05, 4.69) is 21.8 Å². The van der Waals surface area contributed by atoms with Crippen LogP contribution in [0.1, 0.15) is 18.4 Å². The number of hydrogen-bond donors (Lipinski definition) is 1. The highest BCUT2D eigenvalue weighted by Gasteiger charge is 2.16. The van der Waals surface area contributed by atoms with Gasteiger partial charge in [0.15, 0.2) is 5.96 Å². The van der Waals surface area contributed by atoms with E-state index in [-0.39, 0.29) is 0 Å². The van der Waals surface area contributed by atoms with Gasteiger partial charge < -0.3 is 10.2 Å². The molecule has 1 aromatic carbocycles. The molecule has 0 spiro atoms. The molecule has 0 heterocycles. The molecule has 0 saturated heterocycles. The van der Waals surface area contributed by atoms with Crippen molar-refractivity contribution in [2.45, 2.75) is 24.3 Å². The van der Waals surface area contributed by atoms with Gasteiger partial charge in [-0.25, -0.2) is 12.7 Å². The van der Waals surface area contributed by atoms with E-state index in [1.54, 1.807) is 19.2 Å². The summed E-state index contributed by atoms with van der Waals surface area (Å²) in [6, 6.07) is 6.88. The lowest BCUT2D eigenvalue weighted by Crippen LogP contribution is -2.38. The predicted octanol–water partition coefficient (Wildman–Crippen LogP) is 1.91. The zero-order valence-electron chi connectivity index (χ0n) is 15.0. The lowest BCUT2D eigenvalue weighted by atomic mass is 10.2. The molecule has 0 fully saturated rings. The summed E-state index contributed by atoms with van der Waals surface area (Å²) in [4.78, 5) is 6.62. The summed E-state index contributed by atoms with van der Waals surface area (Å²) in [5, 5.41) is 3.28. The topological polar surface area (TPSA) is 65.0 Å². The first-order valence-electron chi connectivity index (χ1n) is 7.87. The first-order chi connectivity index (χ1) is 11.3. The number of unbranched alkanes of at least 4 members (excludes halogenated alkanes) is 1. The van der Waals surface area contributed by atoms with E-state index < -0.39 is 10.0 Å². The first-order valence-corrected chi connectivity index (χ1v) is 9.31. The molecule has 6 nitrogen and oxygen atoms in total. The van der Waals surface area contributed by atoms with E-state index in [0.717, 1.165) is 30.9 Å². The lowest BCUT2D eigenvalue weighted by Gasteiger charge is -2.22. The van der Waals surface area contributed by atoms with Crippen LogP contribution < -0.4 is 5.32 Å². The van der Waals surface area contributed by atoms with Crippen molar-refractivity contribution in [1.82, 2.24) is 14.5 Å². The predicted molar refractivity (Wildman–Crippen MR) is 99.6 cm³/mol. The number of sulfonamides is 1. The molecule has 0 aliphatic heterocycles. The molecule has 0 saturated carbocycles. The van der Waals surface area contributed by atoms with E-state index in [1.165, 1.54) is 18.4 Å². The number of rotatable bonds is 8. The van der Waals surface area contributed by atoms with Gasteiger partial charge in [0.05, 0.1) is 4.90 Å². The lowest BCUT2D eigenvalue weighted by molar-refractivity contribution is 0.470. The van der Waals surface area contributed by atoms with Crippen LogP contribution >= 0.6 is 0 Å². The Balaban J connectivity index is 2.65. The van der Waals surface area contributed by atoms with Crippen molar-refractivity contribution in [3.8, 4) is 0 Å². The van der Waals surface area contributed by atoms with Gasteiger partial charge in [-0.15, -0.1) is 6.58 Å². The Labute approximate surface area is 145 Å². The third kappa shape index (κ3) is 5.65. The first kappa shape index (κ1) is 20.2. The summed E-state index contributed by atoms with van der Waals surface area (Å²) in [6.45, 7) is 5.20. The molecule has 0 bridgehead atoms. The van der Waals surface area contributed by atoms with E-state index >= 15 is 0 Å². The number of nitrogens with zero attached hydrogens (tertiary/aromatic N) is 3. The van der Waals surface area contributed by atoms with Crippen LogP contribution in [0.2, 0.25) is 0 Å². The van der Waals surface area contributed by atoms with Crippen molar-refractivity contribution >= 4 is 16.0 Å². The SMILES string of the molecule is C=CCCCN(C)C(=NC)NCc1ccc(S(=O)(=O)N(C)C)cc1. The standard InChI is InChI=1S/C17H28N4O2S/c1-6-7-8-13-21(5)17(18-2)19-14-15-9-11-16(12-10-15)24(22,23)20(3)4/h6,9-12H,1,7-8,13-14H2,2-5H3,(H,18,19). The van der Waals surface area contributed by atoms with E-state index in [0.29, 0.717) is 11.4 Å². The average molecular weight is 353 g/mol. The Hall–Kier alpha value is -1.86. The molecule has 0 radical (unpaired) electrons. The molecule has 1 N–H and O–H groups in total. The van der Waals surface area contributed by atoms with Crippen LogP contribution in [0.5, 0.6) is 0 Å². The third-order valence-electron chi connectivity index (χ3n) is 3.63. The molecular weight excluding hydrogens is 324 g/mol. The quantitative estimate of drug-likeness (QED) is 0.336. The van der Waals surface area contributed by atoms with Gasteiger partial charge in [0, 0.05) is 41.3 Å². The van der Waals surface area contributed by atoms with Crippen LogP contribution in [0.4, 0.5) is 0 Å². The fourth-order valence-corrected chi connectivity index (χ4v) is 3.04. The van der Waals surface area contributed by atoms with Crippen LogP contribution in [0.25, 0.3) is 0 Å². The maximum absolute atomic E-state index is 12.0. The molecule has 0 atom stereocenters. The minimum absolute atomic E-state index is 0.294. The van der Waals surface area contributed by atoms with Crippen LogP contribution in [0, 0.1) is 0 Å². The molecule has 1 rings (SSSR count). The summed E-state index contributed by atoms with van der Waals surface area (Å²) < 4.78 is 25.3. The van der Waals surface area contributed by atoms with E-state index in [4.69, 9.17) is 0 Å². The van der Waals surface area contributed by atoms with Gasteiger partial charge in [-0.3, -0.25) is 4.99 Å². The van der Waals surface area contributed by atoms with Crippen molar-refractivity contribution in [3.05, 3.63) is 42.5 Å². The largest absolute Gasteiger partial charge is 0.352 e. The second-order valence-electron chi connectivity index (χ2n) is 5.68. The number of guanidine groups is 1. The molecule has 0 aromatic heterocycles. The van der Waals surface area contributed by atoms with Gasteiger partial charge in [0.25, 0.3) is 0 Å². The van der Waals surface area contributed by atoms with Crippen molar-refractivity contribution in [1.29, 1.82) is 0 Å². The molecule has 1 aromatic rings. The highest BCUT2D eigenvalue weighted by atomic mass is 32.2. The Bertz CT molecular complexity index is 652. The van der Waals surface area contributed by atoms with Crippen LogP contribution in [0.15, 0.2) is 46.8 Å². The smallest absolute Gasteiger partial charge is 0.242 e. The minimum Gasteiger partial charge on any atom is -0.352 e. The molecule has 24 heavy (non-hydrogen) atoms. The maximum Gasteiger partial charge on any atom is 0.242 e. The zero-order chi connectivity index (χ0) is 18.2. The van der Waals surface area contributed by atoms with Gasteiger partial charge in [-0.1, -0.05) is 18.2 Å². The number of nitrogens with one attached hydrogen (secondary N) is 1. The van der Waals surface area contributed by atoms with Crippen molar-refractivity contribution in [2.24, 2.45) is 4.99 Å². The molecular formula is C17H28N4O2S. The second-order valence-corrected chi connectivity index (χ2v) is 7.84. The molecule has 7 heteroatoms. The maximum atomic E-state index is 12.0. The Morgan fingerprint density at radius 3 is 2.38 bits per heavy atom. The number of benzene rings is 1. The normalized spacial score (nSPS) is 12.3. The van der Waals surface area contributed by atoms with E-state index in [1.807, 2.05) is 25.3 Å². The number of allylic oxidation sites excluding steroid dienone is 1. The zero-order valence-corrected chi connectivity index (χ0v) is 15.8. The van der Waals surface area contributed by atoms with Gasteiger partial charge in [-0.05, 0) is 30.5 Å². The average Bonchev–Trinajstić information content (AvgIpc) is 2.56. The van der Waals surface area contributed by atoms with Gasteiger partial charge >= 0.3 is 0 Å². The van der Waals surface area contributed by atoms with Gasteiger partial charge in [-0.2, -0.15) is 0 Å². The minimum atomic E-state index is -3.38. The van der Waals surface area contributed by atoms with Gasteiger partial charge in [0.2, 0.25) is 10.0 Å². The highest BCUT2D eigenvalue weighted by molar-refractivity contribution is 7.89. The Morgan fingerprint density at radius 1 is 1.25 bits per heavy atom. The molecule has 0 unspecified atom stereocenters. The molecule has 134 valence electrons. The summed E-state index contributed by atoms with van der Waals surface area (Å²) >= 11 is 0. The van der Waals surface area contributed by atoms with Crippen molar-refractivity contribution in [2.75, 3.05) is 34.7 Å². The van der Waals surface area contributed by atoms with Crippen LogP contribution in [-0.4, -0.2) is 58.3 Å². The summed E-state index contributed by atoms with van der Waals surface area (Å²) in [6.07, 6.45) is 3.91. The summed E-state index contributed by atoms with van der Waals surface area (Å²) in [7, 11) is 3.41. The van der Waals surface area contributed by atoms with E-state index in [9.17, 15) is 8.42 Å². The van der Waals surface area contributed by atoms with Gasteiger partial charge in [0.1, 0.15) is 0 Å². The second kappa shape index (κ2) is 9.44. The molecule has 0 aliphatic rings. The third-order valence-corrected chi connectivity index (χ3v) is 5.46. The fourth-order valence-electron chi connectivity index (χ4n) is 2.13. The Morgan fingerprint density at radius 2 is 1.88 bits per heavy atom. The fraction of sp³-hybridized carbons (Fsp3) is 0.471. The van der Waals surface area contributed by atoms with Crippen molar-refractivity contribution in [3.63, 3.8) is 0 Å². The monoisotopic (exact) mass is 352 g/mol. The summed E-state index contributed by atoms with van der Waals surface area (Å²) in [5.74, 6) is 0.809. The Kier molecular flexibility index (Phi) is 7.94. The van der Waals surface area contributed by atoms with Crippen molar-refractivity contribution < 1.29 is 8.42 Å². The highest BCUT2D eigenvalue weighted by Crippen LogP contribution is 2.13. The van der Waals surface area contributed by atoms with Crippen LogP contribution in [0.3, 0.4) is 0 Å². The number of aliphatic imine (C=N–C) groups is 1.